The van der Waals surface area contributed by atoms with Crippen LogP contribution in [0.25, 0.3) is 5.82 Å². The Hall–Kier alpha value is -2.88. The molecule has 1 N–H and O–H groups in total. The standard InChI is InChI=1S/C17H15F3N4O2S/c1-2-12-7-6-10-15(21-12)24-16(11-14(22-24)17(18,19)20)23-27(25,26)13-8-4-3-5-9-13/h3-11,23H,2H2,1H3. The van der Waals surface area contributed by atoms with E-state index in [1.54, 1.807) is 18.2 Å². The fourth-order valence-electron chi connectivity index (χ4n) is 2.35. The Morgan fingerprint density at radius 2 is 1.78 bits per heavy atom. The van der Waals surface area contributed by atoms with Crippen molar-refractivity contribution < 1.29 is 21.6 Å². The van der Waals surface area contributed by atoms with Gasteiger partial charge in [0.2, 0.25) is 0 Å². The molecule has 10 heteroatoms. The van der Waals surface area contributed by atoms with Crippen LogP contribution in [0.5, 0.6) is 0 Å². The molecule has 2 aromatic heterocycles. The number of hydrogen-bond acceptors (Lipinski definition) is 4. The van der Waals surface area contributed by atoms with E-state index in [1.165, 1.54) is 30.3 Å². The van der Waals surface area contributed by atoms with Crippen molar-refractivity contribution in [2.24, 2.45) is 0 Å². The maximum absolute atomic E-state index is 13.1. The van der Waals surface area contributed by atoms with Crippen LogP contribution < -0.4 is 4.72 Å². The van der Waals surface area contributed by atoms with E-state index in [1.807, 2.05) is 6.92 Å². The molecule has 0 atom stereocenters. The summed E-state index contributed by atoms with van der Waals surface area (Å²) < 4.78 is 67.4. The summed E-state index contributed by atoms with van der Waals surface area (Å²) in [7, 11) is -4.10. The van der Waals surface area contributed by atoms with Crippen molar-refractivity contribution in [3.05, 3.63) is 66.0 Å². The molecule has 0 spiro atoms. The predicted molar refractivity (Wildman–Crippen MR) is 93.0 cm³/mol. The molecule has 27 heavy (non-hydrogen) atoms. The molecule has 0 unspecified atom stereocenters. The maximum Gasteiger partial charge on any atom is 0.435 e. The number of nitrogens with one attached hydrogen (secondary N) is 1. The molecule has 0 aliphatic rings. The first-order valence-electron chi connectivity index (χ1n) is 7.92. The Morgan fingerprint density at radius 3 is 2.41 bits per heavy atom. The monoisotopic (exact) mass is 396 g/mol. The lowest BCUT2D eigenvalue weighted by Gasteiger charge is -2.10. The molecule has 0 aliphatic carbocycles. The first kappa shape index (κ1) is 18.9. The Kier molecular flexibility index (Phi) is 4.92. The van der Waals surface area contributed by atoms with Crippen LogP contribution in [0.15, 0.2) is 59.5 Å². The third kappa shape index (κ3) is 4.11. The van der Waals surface area contributed by atoms with Crippen molar-refractivity contribution in [3.8, 4) is 5.82 Å². The molecule has 2 heterocycles. The van der Waals surface area contributed by atoms with Crippen LogP contribution >= 0.6 is 0 Å². The number of benzene rings is 1. The zero-order chi connectivity index (χ0) is 19.7. The van der Waals surface area contributed by atoms with E-state index in [0.29, 0.717) is 18.2 Å². The van der Waals surface area contributed by atoms with Crippen LogP contribution in [0, 0.1) is 0 Å². The number of hydrogen-bond donors (Lipinski definition) is 1. The van der Waals surface area contributed by atoms with Crippen LogP contribution in [0.4, 0.5) is 19.0 Å². The Morgan fingerprint density at radius 1 is 1.07 bits per heavy atom. The summed E-state index contributed by atoms with van der Waals surface area (Å²) in [5.41, 5.74) is -0.592. The SMILES string of the molecule is CCc1cccc(-n2nc(C(F)(F)F)cc2NS(=O)(=O)c2ccccc2)n1. The second-order valence-corrected chi connectivity index (χ2v) is 7.27. The molecule has 0 radical (unpaired) electrons. The number of alkyl halides is 3. The van der Waals surface area contributed by atoms with E-state index in [9.17, 15) is 21.6 Å². The number of anilines is 1. The number of nitrogens with zero attached hydrogens (tertiary/aromatic N) is 3. The van der Waals surface area contributed by atoms with Gasteiger partial charge in [0.15, 0.2) is 11.5 Å². The smallest absolute Gasteiger partial charge is 0.263 e. The molecule has 0 saturated carbocycles. The zero-order valence-electron chi connectivity index (χ0n) is 14.1. The highest BCUT2D eigenvalue weighted by Crippen LogP contribution is 2.31. The van der Waals surface area contributed by atoms with Crippen molar-refractivity contribution in [1.29, 1.82) is 0 Å². The van der Waals surface area contributed by atoms with Crippen molar-refractivity contribution in [3.63, 3.8) is 0 Å². The first-order valence-corrected chi connectivity index (χ1v) is 9.40. The quantitative estimate of drug-likeness (QED) is 0.714. The second-order valence-electron chi connectivity index (χ2n) is 5.58. The highest BCUT2D eigenvalue weighted by molar-refractivity contribution is 7.92. The molecule has 0 bridgehead atoms. The van der Waals surface area contributed by atoms with Crippen LogP contribution in [0.1, 0.15) is 18.3 Å². The van der Waals surface area contributed by atoms with Gasteiger partial charge in [0, 0.05) is 11.8 Å². The minimum atomic E-state index is -4.74. The van der Waals surface area contributed by atoms with Gasteiger partial charge in [-0.2, -0.15) is 23.0 Å². The Bertz CT molecular complexity index is 1050. The van der Waals surface area contributed by atoms with E-state index in [4.69, 9.17) is 0 Å². The van der Waals surface area contributed by atoms with Gasteiger partial charge in [0.05, 0.1) is 4.90 Å². The lowest BCUT2D eigenvalue weighted by atomic mass is 10.3. The molecule has 0 amide bonds. The van der Waals surface area contributed by atoms with Crippen LogP contribution in [0.3, 0.4) is 0 Å². The Balaban J connectivity index is 2.10. The molecule has 0 aliphatic heterocycles. The van der Waals surface area contributed by atoms with Crippen molar-refractivity contribution in [2.45, 2.75) is 24.4 Å². The fraction of sp³-hybridized carbons (Fsp3) is 0.176. The van der Waals surface area contributed by atoms with Crippen molar-refractivity contribution in [1.82, 2.24) is 14.8 Å². The molecule has 0 saturated heterocycles. The zero-order valence-corrected chi connectivity index (χ0v) is 14.9. The summed E-state index contributed by atoms with van der Waals surface area (Å²) in [6.45, 7) is 1.84. The molecule has 142 valence electrons. The summed E-state index contributed by atoms with van der Waals surface area (Å²) in [5.74, 6) is -0.275. The summed E-state index contributed by atoms with van der Waals surface area (Å²) in [4.78, 5) is 4.14. The van der Waals surface area contributed by atoms with E-state index >= 15 is 0 Å². The van der Waals surface area contributed by atoms with Gasteiger partial charge in [-0.05, 0) is 30.7 Å². The molecular weight excluding hydrogens is 381 g/mol. The number of pyridine rings is 1. The fourth-order valence-corrected chi connectivity index (χ4v) is 3.40. The molecule has 3 rings (SSSR count). The van der Waals surface area contributed by atoms with Gasteiger partial charge in [-0.25, -0.2) is 13.4 Å². The first-order chi connectivity index (χ1) is 12.7. The highest BCUT2D eigenvalue weighted by Gasteiger charge is 2.36. The lowest BCUT2D eigenvalue weighted by molar-refractivity contribution is -0.141. The van der Waals surface area contributed by atoms with Gasteiger partial charge < -0.3 is 0 Å². The van der Waals surface area contributed by atoms with Gasteiger partial charge in [0.1, 0.15) is 5.82 Å². The van der Waals surface area contributed by atoms with Gasteiger partial charge >= 0.3 is 6.18 Å². The second kappa shape index (κ2) is 7.03. The molecule has 1 aromatic carbocycles. The number of halogens is 3. The van der Waals surface area contributed by atoms with Crippen LogP contribution in [0.2, 0.25) is 0 Å². The Labute approximate surface area is 153 Å². The number of aryl methyl sites for hydroxylation is 1. The van der Waals surface area contributed by atoms with Gasteiger partial charge in [-0.1, -0.05) is 31.2 Å². The largest absolute Gasteiger partial charge is 0.435 e. The van der Waals surface area contributed by atoms with Gasteiger partial charge in [0.25, 0.3) is 10.0 Å². The molecule has 6 nitrogen and oxygen atoms in total. The molecule has 0 fully saturated rings. The van der Waals surface area contributed by atoms with Gasteiger partial charge in [-0.15, -0.1) is 0 Å². The minimum absolute atomic E-state index is 0.0793. The highest BCUT2D eigenvalue weighted by atomic mass is 32.2. The maximum atomic E-state index is 13.1. The number of aromatic nitrogens is 3. The normalized spacial score (nSPS) is 12.1. The predicted octanol–water partition coefficient (Wildman–Crippen LogP) is 3.65. The number of rotatable bonds is 5. The summed E-state index contributed by atoms with van der Waals surface area (Å²) in [6.07, 6.45) is -4.17. The van der Waals surface area contributed by atoms with Crippen molar-refractivity contribution in [2.75, 3.05) is 4.72 Å². The van der Waals surface area contributed by atoms with Gasteiger partial charge in [-0.3, -0.25) is 4.72 Å². The lowest BCUT2D eigenvalue weighted by Crippen LogP contribution is -2.16. The van der Waals surface area contributed by atoms with E-state index in [0.717, 1.165) is 4.68 Å². The third-order valence-corrected chi connectivity index (χ3v) is 5.03. The van der Waals surface area contributed by atoms with Crippen LogP contribution in [-0.4, -0.2) is 23.2 Å². The van der Waals surface area contributed by atoms with E-state index in [2.05, 4.69) is 14.8 Å². The van der Waals surface area contributed by atoms with Crippen molar-refractivity contribution >= 4 is 15.8 Å². The minimum Gasteiger partial charge on any atom is -0.263 e. The van der Waals surface area contributed by atoms with E-state index in [-0.39, 0.29) is 16.5 Å². The summed E-state index contributed by atoms with van der Waals surface area (Å²) in [6, 6.07) is 12.8. The molecule has 3 aromatic rings. The van der Waals surface area contributed by atoms with Crippen LogP contribution in [-0.2, 0) is 22.6 Å². The van der Waals surface area contributed by atoms with E-state index < -0.39 is 21.9 Å². The number of sulfonamides is 1. The average molecular weight is 396 g/mol. The summed E-state index contributed by atoms with van der Waals surface area (Å²) in [5, 5.41) is 3.51. The topological polar surface area (TPSA) is 76.9 Å². The third-order valence-electron chi connectivity index (χ3n) is 3.66. The summed E-state index contributed by atoms with van der Waals surface area (Å²) >= 11 is 0. The average Bonchev–Trinajstić information content (AvgIpc) is 3.06. The molecular formula is C17H15F3N4O2S.